The molecule has 44 heavy (non-hydrogen) atoms. The number of nitrogens with zero attached hydrogens (tertiary/aromatic N) is 2. The zero-order chi connectivity index (χ0) is 32.0. The number of carboxylic acids is 2. The molecule has 2 aromatic carbocycles. The zero-order valence-corrected chi connectivity index (χ0v) is 26.4. The van der Waals surface area contributed by atoms with E-state index < -0.39 is 35.8 Å². The number of benzene rings is 2. The molecule has 0 saturated carbocycles. The fourth-order valence-corrected chi connectivity index (χ4v) is 6.85. The third-order valence-electron chi connectivity index (χ3n) is 7.62. The average molecular weight is 635 g/mol. The van der Waals surface area contributed by atoms with Crippen LogP contribution in [-0.4, -0.2) is 56.0 Å². The Bertz CT molecular complexity index is 1590. The minimum atomic E-state index is -1.08. The molecule has 4 rings (SSSR count). The normalized spacial score (nSPS) is 14.0. The Hall–Kier alpha value is -4.16. The molecule has 2 amide bonds. The Balaban J connectivity index is 1.51. The van der Waals surface area contributed by atoms with E-state index in [4.69, 9.17) is 0 Å². The first-order chi connectivity index (χ1) is 21.0. The molecular formula is C32H34N4O6S2. The highest BCUT2D eigenvalue weighted by molar-refractivity contribution is 8.76. The minimum Gasteiger partial charge on any atom is -0.480 e. The van der Waals surface area contributed by atoms with Crippen LogP contribution in [0.1, 0.15) is 61.3 Å². The SMILES string of the molecule is CC[C@@H](C)[C@H](NC(=O)c1cnc2c(SSc3cccc4cc(C(=O)N[C@H](C(=O)O)[C@H](C)CC)cnc34)cccc2c1)C(=O)O. The van der Waals surface area contributed by atoms with Gasteiger partial charge in [0, 0.05) is 33.0 Å². The van der Waals surface area contributed by atoms with Gasteiger partial charge in [-0.1, -0.05) is 86.4 Å². The lowest BCUT2D eigenvalue weighted by Crippen LogP contribution is -2.45. The maximum absolute atomic E-state index is 12.9. The van der Waals surface area contributed by atoms with Crippen LogP contribution in [0, 0.1) is 11.8 Å². The predicted octanol–water partition coefficient (Wildman–Crippen LogP) is 6.04. The van der Waals surface area contributed by atoms with E-state index in [9.17, 15) is 29.4 Å². The maximum Gasteiger partial charge on any atom is 0.326 e. The molecular weight excluding hydrogens is 601 g/mol. The molecule has 2 aromatic heterocycles. The number of nitrogens with one attached hydrogen (secondary N) is 2. The lowest BCUT2D eigenvalue weighted by Gasteiger charge is -2.20. The quantitative estimate of drug-likeness (QED) is 0.128. The first-order valence-corrected chi connectivity index (χ1v) is 16.4. The fourth-order valence-electron chi connectivity index (χ4n) is 4.55. The fraction of sp³-hybridized carbons (Fsp3) is 0.312. The molecule has 10 nitrogen and oxygen atoms in total. The predicted molar refractivity (Wildman–Crippen MR) is 172 cm³/mol. The summed E-state index contributed by atoms with van der Waals surface area (Å²) < 4.78 is 0. The molecule has 0 aliphatic heterocycles. The molecule has 0 aliphatic carbocycles. The highest BCUT2D eigenvalue weighted by atomic mass is 33.1. The van der Waals surface area contributed by atoms with Crippen LogP contribution in [0.3, 0.4) is 0 Å². The van der Waals surface area contributed by atoms with Crippen molar-refractivity contribution in [3.63, 3.8) is 0 Å². The van der Waals surface area contributed by atoms with Crippen LogP contribution in [0.2, 0.25) is 0 Å². The van der Waals surface area contributed by atoms with E-state index in [0.29, 0.717) is 23.9 Å². The Morgan fingerprint density at radius 3 is 1.43 bits per heavy atom. The van der Waals surface area contributed by atoms with E-state index in [1.807, 2.05) is 50.2 Å². The average Bonchev–Trinajstić information content (AvgIpc) is 3.03. The van der Waals surface area contributed by atoms with E-state index in [0.717, 1.165) is 20.6 Å². The second-order valence-corrected chi connectivity index (χ2v) is 12.8. The summed E-state index contributed by atoms with van der Waals surface area (Å²) in [6, 6.07) is 12.7. The van der Waals surface area contributed by atoms with E-state index in [1.165, 1.54) is 34.0 Å². The Kier molecular flexibility index (Phi) is 10.8. The van der Waals surface area contributed by atoms with Gasteiger partial charge < -0.3 is 20.8 Å². The van der Waals surface area contributed by atoms with Crippen molar-refractivity contribution in [1.82, 2.24) is 20.6 Å². The van der Waals surface area contributed by atoms with Gasteiger partial charge in [0.2, 0.25) is 0 Å². The zero-order valence-electron chi connectivity index (χ0n) is 24.7. The molecule has 230 valence electrons. The largest absolute Gasteiger partial charge is 0.480 e. The van der Waals surface area contributed by atoms with Crippen molar-refractivity contribution in [3.05, 3.63) is 72.1 Å². The summed E-state index contributed by atoms with van der Waals surface area (Å²) in [6.45, 7) is 7.32. The van der Waals surface area contributed by atoms with Crippen LogP contribution in [0.5, 0.6) is 0 Å². The van der Waals surface area contributed by atoms with E-state index >= 15 is 0 Å². The van der Waals surface area contributed by atoms with Crippen LogP contribution in [-0.2, 0) is 9.59 Å². The van der Waals surface area contributed by atoms with Crippen LogP contribution < -0.4 is 10.6 Å². The Morgan fingerprint density at radius 1 is 0.705 bits per heavy atom. The molecule has 12 heteroatoms. The van der Waals surface area contributed by atoms with Gasteiger partial charge in [-0.2, -0.15) is 0 Å². The van der Waals surface area contributed by atoms with Gasteiger partial charge in [-0.05, 0) is 36.1 Å². The number of pyridine rings is 2. The number of carbonyl (C=O) groups is 4. The molecule has 4 N–H and O–H groups in total. The number of carboxylic acid groups (broad SMARTS) is 2. The number of aromatic nitrogens is 2. The summed E-state index contributed by atoms with van der Waals surface area (Å²) >= 11 is 0. The van der Waals surface area contributed by atoms with Crippen molar-refractivity contribution in [2.45, 2.75) is 62.4 Å². The highest BCUT2D eigenvalue weighted by Gasteiger charge is 2.27. The number of aliphatic carboxylic acids is 2. The minimum absolute atomic E-state index is 0.226. The van der Waals surface area contributed by atoms with Crippen LogP contribution in [0.15, 0.2) is 70.7 Å². The number of rotatable bonds is 13. The molecule has 0 radical (unpaired) electrons. The third-order valence-corrected chi connectivity index (χ3v) is 10.1. The summed E-state index contributed by atoms with van der Waals surface area (Å²) in [5, 5.41) is 25.8. The second kappa shape index (κ2) is 14.5. The molecule has 0 unspecified atom stereocenters. The van der Waals surface area contributed by atoms with E-state index in [2.05, 4.69) is 20.6 Å². The van der Waals surface area contributed by atoms with Crippen molar-refractivity contribution in [1.29, 1.82) is 0 Å². The first kappa shape index (κ1) is 32.7. The maximum atomic E-state index is 12.9. The molecule has 0 bridgehead atoms. The molecule has 0 fully saturated rings. The lowest BCUT2D eigenvalue weighted by molar-refractivity contribution is -0.141. The molecule has 4 aromatic rings. The number of carbonyl (C=O) groups excluding carboxylic acids is 2. The monoisotopic (exact) mass is 634 g/mol. The first-order valence-electron chi connectivity index (χ1n) is 14.2. The van der Waals surface area contributed by atoms with E-state index in [1.54, 1.807) is 26.0 Å². The molecule has 0 spiro atoms. The van der Waals surface area contributed by atoms with Gasteiger partial charge in [-0.15, -0.1) is 0 Å². The van der Waals surface area contributed by atoms with Crippen LogP contribution >= 0.6 is 21.6 Å². The van der Waals surface area contributed by atoms with Crippen molar-refractivity contribution >= 4 is 67.1 Å². The van der Waals surface area contributed by atoms with Gasteiger partial charge >= 0.3 is 11.9 Å². The van der Waals surface area contributed by atoms with Crippen molar-refractivity contribution < 1.29 is 29.4 Å². The summed E-state index contributed by atoms with van der Waals surface area (Å²) in [5.74, 6) is -3.59. The number of para-hydroxylation sites is 2. The van der Waals surface area contributed by atoms with Crippen LogP contribution in [0.25, 0.3) is 21.8 Å². The van der Waals surface area contributed by atoms with Crippen LogP contribution in [0.4, 0.5) is 0 Å². The molecule has 2 heterocycles. The lowest BCUT2D eigenvalue weighted by atomic mass is 9.99. The Morgan fingerprint density at radius 2 is 1.09 bits per heavy atom. The van der Waals surface area contributed by atoms with Gasteiger partial charge in [0.25, 0.3) is 11.8 Å². The number of amides is 2. The summed E-state index contributed by atoms with van der Waals surface area (Å²) in [7, 11) is 2.95. The third kappa shape index (κ3) is 7.48. The van der Waals surface area contributed by atoms with Crippen molar-refractivity contribution in [2.75, 3.05) is 0 Å². The number of hydrogen-bond donors (Lipinski definition) is 4. The Labute approximate surface area is 262 Å². The van der Waals surface area contributed by atoms with Crippen molar-refractivity contribution in [2.24, 2.45) is 11.8 Å². The topological polar surface area (TPSA) is 159 Å². The summed E-state index contributed by atoms with van der Waals surface area (Å²) in [6.07, 6.45) is 4.12. The molecule has 0 aliphatic rings. The number of hydrogen-bond acceptors (Lipinski definition) is 8. The molecule has 0 saturated heterocycles. The summed E-state index contributed by atoms with van der Waals surface area (Å²) in [4.78, 5) is 59.8. The number of fused-ring (bicyclic) bond motifs is 2. The van der Waals surface area contributed by atoms with Crippen molar-refractivity contribution in [3.8, 4) is 0 Å². The second-order valence-electron chi connectivity index (χ2n) is 10.6. The van der Waals surface area contributed by atoms with Gasteiger partial charge in [0.15, 0.2) is 0 Å². The van der Waals surface area contributed by atoms with Gasteiger partial charge in [-0.3, -0.25) is 19.6 Å². The van der Waals surface area contributed by atoms with E-state index in [-0.39, 0.29) is 23.0 Å². The highest BCUT2D eigenvalue weighted by Crippen LogP contribution is 2.42. The summed E-state index contributed by atoms with van der Waals surface area (Å²) in [5.41, 5.74) is 1.94. The molecule has 4 atom stereocenters. The van der Waals surface area contributed by atoms with Gasteiger partial charge in [0.05, 0.1) is 22.2 Å². The standard InChI is InChI=1S/C32H34N4O6S2/c1-5-17(3)25(31(39)40)35-29(37)21-13-19-9-7-11-23(27(19)33-15-21)43-44-24-12-8-10-20-14-22(16-34-28(20)24)30(38)36-26(32(41)42)18(4)6-2/h7-18,25-26H,5-6H2,1-4H3,(H,35,37)(H,36,38)(H,39,40)(H,41,42)/t17-,18-,25+,26+/m1/s1. The van der Waals surface area contributed by atoms with Gasteiger partial charge in [0.1, 0.15) is 12.1 Å². The smallest absolute Gasteiger partial charge is 0.326 e. The van der Waals surface area contributed by atoms with Gasteiger partial charge in [-0.25, -0.2) is 9.59 Å².